The van der Waals surface area contributed by atoms with Gasteiger partial charge in [-0.25, -0.2) is 14.4 Å². The van der Waals surface area contributed by atoms with E-state index in [1.54, 1.807) is 37.3 Å². The summed E-state index contributed by atoms with van der Waals surface area (Å²) in [7, 11) is 0. The average molecular weight is 430 g/mol. The molecule has 1 aliphatic heterocycles. The number of hydrogen-bond acceptors (Lipinski definition) is 5. The molecular weight excluding hydrogens is 408 g/mol. The number of aromatic nitrogens is 2. The smallest absolute Gasteiger partial charge is 0.335 e. The van der Waals surface area contributed by atoms with Crippen molar-refractivity contribution < 1.29 is 9.90 Å². The molecule has 0 aliphatic carbocycles. The molecule has 162 valence electrons. The van der Waals surface area contributed by atoms with E-state index in [4.69, 9.17) is 0 Å². The molecule has 0 saturated carbocycles. The van der Waals surface area contributed by atoms with Crippen LogP contribution in [0.5, 0.6) is 5.88 Å². The summed E-state index contributed by atoms with van der Waals surface area (Å²) < 4.78 is 1.04. The van der Waals surface area contributed by atoms with E-state index < -0.39 is 17.1 Å². The van der Waals surface area contributed by atoms with Crippen LogP contribution in [0.1, 0.15) is 25.3 Å². The molecule has 0 unspecified atom stereocenters. The van der Waals surface area contributed by atoms with Crippen LogP contribution in [0.3, 0.4) is 0 Å². The summed E-state index contributed by atoms with van der Waals surface area (Å²) in [5.41, 5.74) is 0.236. The zero-order valence-corrected chi connectivity index (χ0v) is 17.5. The van der Waals surface area contributed by atoms with E-state index in [-0.39, 0.29) is 11.5 Å². The van der Waals surface area contributed by atoms with Crippen LogP contribution in [0.25, 0.3) is 17.3 Å². The molecule has 8 heteroatoms. The van der Waals surface area contributed by atoms with Gasteiger partial charge in [0.05, 0.1) is 16.7 Å². The Kier molecular flexibility index (Phi) is 5.85. The predicted octanol–water partition coefficient (Wildman–Crippen LogP) is 0.973. The number of amides is 1. The maximum atomic E-state index is 12.6. The minimum absolute atomic E-state index is 0.0524. The minimum atomic E-state index is -0.737. The van der Waals surface area contributed by atoms with Gasteiger partial charge in [0.15, 0.2) is 0 Å². The van der Waals surface area contributed by atoms with Crippen molar-refractivity contribution in [2.75, 3.05) is 6.54 Å². The molecule has 0 fully saturated rings. The molecule has 3 N–H and O–H groups in total. The highest BCUT2D eigenvalue weighted by Crippen LogP contribution is 2.24. The van der Waals surface area contributed by atoms with Gasteiger partial charge in [-0.05, 0) is 36.3 Å². The third-order valence-electron chi connectivity index (χ3n) is 5.21. The molecule has 8 nitrogen and oxygen atoms in total. The quantitative estimate of drug-likeness (QED) is 0.540. The molecule has 2 heterocycles. The van der Waals surface area contributed by atoms with Crippen molar-refractivity contribution in [2.45, 2.75) is 19.8 Å². The number of para-hydroxylation sites is 2. The fourth-order valence-electron chi connectivity index (χ4n) is 3.62. The molecule has 2 aromatic carbocycles. The molecule has 3 aromatic rings. The van der Waals surface area contributed by atoms with Crippen LogP contribution < -0.4 is 27.1 Å². The van der Waals surface area contributed by atoms with E-state index in [1.165, 1.54) is 6.08 Å². The number of benzene rings is 2. The molecule has 1 aromatic heterocycles. The Labute approximate surface area is 182 Å². The number of nitrogens with zero attached hydrogens (tertiary/aromatic N) is 2. The standard InChI is InChI=1S/C24H22N4O4/c1-2-21(29)25-13-12-17-16-10-6-7-11-19(16)26-20(17)14-18-22(30)27-24(32)28(23(18)31)15-8-4-3-5-9-15/h3-11,14,31H,2,12-13H2,1H3,(H,25,29)(H,27,30,32). The van der Waals surface area contributed by atoms with Crippen LogP contribution in [-0.2, 0) is 4.79 Å². The van der Waals surface area contributed by atoms with Crippen molar-refractivity contribution in [3.8, 4) is 11.6 Å². The van der Waals surface area contributed by atoms with Crippen molar-refractivity contribution in [3.63, 3.8) is 0 Å². The van der Waals surface area contributed by atoms with Gasteiger partial charge in [-0.15, -0.1) is 0 Å². The van der Waals surface area contributed by atoms with Crippen LogP contribution in [0, 0.1) is 0 Å². The summed E-state index contributed by atoms with van der Waals surface area (Å²) >= 11 is 0. The molecule has 0 atom stereocenters. The first-order valence-electron chi connectivity index (χ1n) is 10.3. The van der Waals surface area contributed by atoms with Gasteiger partial charge in [-0.1, -0.05) is 43.3 Å². The van der Waals surface area contributed by atoms with Gasteiger partial charge in [0.1, 0.15) is 5.56 Å². The van der Waals surface area contributed by atoms with Gasteiger partial charge >= 0.3 is 5.69 Å². The SMILES string of the molecule is CCC(=O)NCCC1=c2ccccc2=NC1=Cc1c(O)n(-c2ccccc2)c(=O)[nH]c1=O. The van der Waals surface area contributed by atoms with E-state index in [9.17, 15) is 19.5 Å². The van der Waals surface area contributed by atoms with Crippen molar-refractivity contribution >= 4 is 17.6 Å². The van der Waals surface area contributed by atoms with Crippen LogP contribution >= 0.6 is 0 Å². The number of aromatic amines is 1. The Hall–Kier alpha value is -4.20. The highest BCUT2D eigenvalue weighted by Gasteiger charge is 2.18. The number of allylic oxidation sites excluding steroid dienone is 1. The molecular formula is C24H22N4O4. The van der Waals surface area contributed by atoms with Gasteiger partial charge in [0, 0.05) is 18.2 Å². The third kappa shape index (κ3) is 4.02. The van der Waals surface area contributed by atoms with Gasteiger partial charge in [0.25, 0.3) is 5.56 Å². The highest BCUT2D eigenvalue weighted by atomic mass is 16.3. The third-order valence-corrected chi connectivity index (χ3v) is 5.21. The van der Waals surface area contributed by atoms with E-state index in [1.807, 2.05) is 24.3 Å². The zero-order valence-electron chi connectivity index (χ0n) is 17.5. The number of aromatic hydroxyl groups is 1. The number of H-pyrrole nitrogens is 1. The van der Waals surface area contributed by atoms with Crippen LogP contribution in [0.2, 0.25) is 0 Å². The Balaban J connectivity index is 1.83. The number of hydrogen-bond donors (Lipinski definition) is 3. The lowest BCUT2D eigenvalue weighted by Crippen LogP contribution is -2.30. The first-order chi connectivity index (χ1) is 15.5. The molecule has 32 heavy (non-hydrogen) atoms. The summed E-state index contributed by atoms with van der Waals surface area (Å²) in [5, 5.41) is 15.3. The first-order valence-corrected chi connectivity index (χ1v) is 10.3. The second kappa shape index (κ2) is 8.89. The van der Waals surface area contributed by atoms with E-state index in [2.05, 4.69) is 15.3 Å². The highest BCUT2D eigenvalue weighted by molar-refractivity contribution is 5.78. The first kappa shape index (κ1) is 21.0. The molecule has 0 spiro atoms. The Morgan fingerprint density at radius 3 is 2.59 bits per heavy atom. The zero-order chi connectivity index (χ0) is 22.7. The van der Waals surface area contributed by atoms with Gasteiger partial charge in [-0.2, -0.15) is 0 Å². The Bertz CT molecular complexity index is 1450. The number of nitrogens with one attached hydrogen (secondary N) is 2. The number of rotatable bonds is 6. The minimum Gasteiger partial charge on any atom is -0.494 e. The number of carbonyl (C=O) groups excluding carboxylic acids is 1. The van der Waals surface area contributed by atoms with Crippen molar-refractivity contribution in [3.05, 3.63) is 97.3 Å². The summed E-state index contributed by atoms with van der Waals surface area (Å²) in [6.07, 6.45) is 2.36. The average Bonchev–Trinajstić information content (AvgIpc) is 3.14. The monoisotopic (exact) mass is 430 g/mol. The van der Waals surface area contributed by atoms with Crippen molar-refractivity contribution in [2.24, 2.45) is 4.99 Å². The molecule has 4 rings (SSSR count). The maximum absolute atomic E-state index is 12.6. The lowest BCUT2D eigenvalue weighted by Gasteiger charge is -2.11. The summed E-state index contributed by atoms with van der Waals surface area (Å²) in [6, 6.07) is 16.1. The number of fused-ring (bicyclic) bond motifs is 1. The van der Waals surface area contributed by atoms with E-state index in [0.717, 1.165) is 20.7 Å². The maximum Gasteiger partial charge on any atom is 0.335 e. The lowest BCUT2D eigenvalue weighted by atomic mass is 10.1. The topological polar surface area (TPSA) is 117 Å². The number of carbonyl (C=O) groups is 1. The Morgan fingerprint density at radius 2 is 1.84 bits per heavy atom. The van der Waals surface area contributed by atoms with Gasteiger partial charge in [0.2, 0.25) is 11.8 Å². The van der Waals surface area contributed by atoms with Gasteiger partial charge in [-0.3, -0.25) is 14.6 Å². The van der Waals surface area contributed by atoms with Crippen molar-refractivity contribution in [1.29, 1.82) is 0 Å². The molecule has 1 aliphatic rings. The molecule has 0 saturated heterocycles. The normalized spacial score (nSPS) is 13.7. The Morgan fingerprint density at radius 1 is 1.12 bits per heavy atom. The van der Waals surface area contributed by atoms with E-state index in [0.29, 0.717) is 30.8 Å². The van der Waals surface area contributed by atoms with Crippen LogP contribution in [0.15, 0.2) is 74.9 Å². The summed E-state index contributed by atoms with van der Waals surface area (Å²) in [6.45, 7) is 2.19. The fourth-order valence-corrected chi connectivity index (χ4v) is 3.62. The lowest BCUT2D eigenvalue weighted by molar-refractivity contribution is -0.120. The second-order valence-electron chi connectivity index (χ2n) is 7.26. The van der Waals surface area contributed by atoms with Crippen molar-refractivity contribution in [1.82, 2.24) is 14.9 Å². The van der Waals surface area contributed by atoms with E-state index >= 15 is 0 Å². The molecule has 0 radical (unpaired) electrons. The van der Waals surface area contributed by atoms with Crippen LogP contribution in [-0.4, -0.2) is 27.1 Å². The largest absolute Gasteiger partial charge is 0.494 e. The fraction of sp³-hybridized carbons (Fsp3) is 0.167. The summed E-state index contributed by atoms with van der Waals surface area (Å²) in [5.74, 6) is -0.523. The summed E-state index contributed by atoms with van der Waals surface area (Å²) in [4.78, 5) is 43.5. The van der Waals surface area contributed by atoms with Crippen LogP contribution in [0.4, 0.5) is 0 Å². The molecule has 0 bridgehead atoms. The predicted molar refractivity (Wildman–Crippen MR) is 121 cm³/mol. The second-order valence-corrected chi connectivity index (χ2v) is 7.26. The molecule has 1 amide bonds. The van der Waals surface area contributed by atoms with Gasteiger partial charge < -0.3 is 10.4 Å².